The van der Waals surface area contributed by atoms with Gasteiger partial charge in [0.15, 0.2) is 0 Å². The van der Waals surface area contributed by atoms with Crippen molar-refractivity contribution >= 4 is 23.1 Å². The van der Waals surface area contributed by atoms with Crippen LogP contribution in [0.3, 0.4) is 0 Å². The zero-order valence-corrected chi connectivity index (χ0v) is 12.6. The van der Waals surface area contributed by atoms with Crippen LogP contribution in [0.4, 0.5) is 11.4 Å². The Morgan fingerprint density at radius 1 is 1.42 bits per heavy atom. The van der Waals surface area contributed by atoms with Crippen LogP contribution >= 0.6 is 11.8 Å². The Labute approximate surface area is 120 Å². The predicted molar refractivity (Wildman–Crippen MR) is 85.2 cm³/mol. The second-order valence-electron chi connectivity index (χ2n) is 5.02. The highest BCUT2D eigenvalue weighted by molar-refractivity contribution is 7.99. The van der Waals surface area contributed by atoms with Crippen molar-refractivity contribution in [2.45, 2.75) is 43.9 Å². The van der Waals surface area contributed by atoms with Gasteiger partial charge in [-0.15, -0.1) is 0 Å². The molecule has 3 nitrogen and oxygen atoms in total. The van der Waals surface area contributed by atoms with Gasteiger partial charge in [0.25, 0.3) is 0 Å². The number of rotatable bonds is 6. The first-order chi connectivity index (χ1) is 9.26. The van der Waals surface area contributed by atoms with Crippen LogP contribution in [0.25, 0.3) is 0 Å². The highest BCUT2D eigenvalue weighted by atomic mass is 32.2. The monoisotopic (exact) mass is 280 g/mol. The SMILES string of the molecule is CCCOc1cccc(NC2CCCC2SC)c1N. The van der Waals surface area contributed by atoms with E-state index in [4.69, 9.17) is 10.5 Å². The van der Waals surface area contributed by atoms with Crippen molar-refractivity contribution in [1.82, 2.24) is 0 Å². The molecule has 0 spiro atoms. The van der Waals surface area contributed by atoms with Crippen molar-refractivity contribution in [3.63, 3.8) is 0 Å². The molecule has 1 fully saturated rings. The highest BCUT2D eigenvalue weighted by Gasteiger charge is 2.26. The second kappa shape index (κ2) is 6.94. The van der Waals surface area contributed by atoms with Gasteiger partial charge >= 0.3 is 0 Å². The standard InChI is InChI=1S/C15H24N2OS/c1-3-10-18-13-8-4-7-12(15(13)16)17-11-6-5-9-14(11)19-2/h4,7-8,11,14,17H,3,5-6,9-10,16H2,1-2H3. The minimum Gasteiger partial charge on any atom is -0.491 e. The molecule has 106 valence electrons. The number of thioether (sulfide) groups is 1. The second-order valence-corrected chi connectivity index (χ2v) is 6.10. The third-order valence-corrected chi connectivity index (χ3v) is 4.79. The van der Waals surface area contributed by atoms with E-state index in [1.54, 1.807) is 0 Å². The van der Waals surface area contributed by atoms with Crippen LogP contribution in [0.1, 0.15) is 32.6 Å². The van der Waals surface area contributed by atoms with Crippen molar-refractivity contribution in [2.75, 3.05) is 23.9 Å². The molecule has 2 atom stereocenters. The molecule has 0 aliphatic heterocycles. The number of para-hydroxylation sites is 1. The van der Waals surface area contributed by atoms with E-state index in [0.717, 1.165) is 23.5 Å². The molecule has 4 heteroatoms. The van der Waals surface area contributed by atoms with E-state index in [1.807, 2.05) is 30.0 Å². The van der Waals surface area contributed by atoms with Crippen molar-refractivity contribution in [2.24, 2.45) is 0 Å². The Kier molecular flexibility index (Phi) is 5.25. The summed E-state index contributed by atoms with van der Waals surface area (Å²) in [5, 5.41) is 4.30. The van der Waals surface area contributed by atoms with Gasteiger partial charge in [0.1, 0.15) is 5.75 Å². The van der Waals surface area contributed by atoms with E-state index >= 15 is 0 Å². The van der Waals surface area contributed by atoms with Gasteiger partial charge in [-0.2, -0.15) is 11.8 Å². The third kappa shape index (κ3) is 3.50. The van der Waals surface area contributed by atoms with Crippen LogP contribution in [0.15, 0.2) is 18.2 Å². The van der Waals surface area contributed by atoms with Crippen molar-refractivity contribution in [1.29, 1.82) is 0 Å². The number of hydrogen-bond donors (Lipinski definition) is 2. The molecule has 1 aliphatic carbocycles. The molecule has 1 saturated carbocycles. The zero-order chi connectivity index (χ0) is 13.7. The summed E-state index contributed by atoms with van der Waals surface area (Å²) in [5.74, 6) is 0.797. The van der Waals surface area contributed by atoms with Crippen LogP contribution in [0.2, 0.25) is 0 Å². The molecule has 2 unspecified atom stereocenters. The summed E-state index contributed by atoms with van der Waals surface area (Å²) < 4.78 is 5.67. The fourth-order valence-corrected chi connectivity index (χ4v) is 3.52. The molecular formula is C15H24N2OS. The van der Waals surface area contributed by atoms with Gasteiger partial charge in [-0.05, 0) is 37.7 Å². The molecule has 1 aromatic rings. The quantitative estimate of drug-likeness (QED) is 0.779. The number of benzene rings is 1. The summed E-state index contributed by atoms with van der Waals surface area (Å²) in [7, 11) is 0. The average molecular weight is 280 g/mol. The summed E-state index contributed by atoms with van der Waals surface area (Å²) in [6, 6.07) is 6.52. The molecule has 2 rings (SSSR count). The maximum Gasteiger partial charge on any atom is 0.144 e. The molecular weight excluding hydrogens is 256 g/mol. The van der Waals surface area contributed by atoms with E-state index in [-0.39, 0.29) is 0 Å². The van der Waals surface area contributed by atoms with Crippen LogP contribution in [-0.4, -0.2) is 24.2 Å². The Bertz CT molecular complexity index is 411. The van der Waals surface area contributed by atoms with E-state index in [1.165, 1.54) is 19.3 Å². The lowest BCUT2D eigenvalue weighted by Crippen LogP contribution is -2.26. The summed E-state index contributed by atoms with van der Waals surface area (Å²) in [6.07, 6.45) is 7.01. The number of nitrogen functional groups attached to an aromatic ring is 1. The lowest BCUT2D eigenvalue weighted by Gasteiger charge is -2.22. The van der Waals surface area contributed by atoms with Crippen molar-refractivity contribution in [3.05, 3.63) is 18.2 Å². The molecule has 0 saturated heterocycles. The fourth-order valence-electron chi connectivity index (χ4n) is 2.58. The van der Waals surface area contributed by atoms with Crippen LogP contribution in [0.5, 0.6) is 5.75 Å². The number of ether oxygens (including phenoxy) is 1. The Morgan fingerprint density at radius 2 is 2.26 bits per heavy atom. The first-order valence-electron chi connectivity index (χ1n) is 7.07. The van der Waals surface area contributed by atoms with Gasteiger partial charge in [-0.3, -0.25) is 0 Å². The van der Waals surface area contributed by atoms with Crippen LogP contribution in [0, 0.1) is 0 Å². The average Bonchev–Trinajstić information content (AvgIpc) is 2.87. The van der Waals surface area contributed by atoms with Gasteiger partial charge in [-0.25, -0.2) is 0 Å². The van der Waals surface area contributed by atoms with E-state index < -0.39 is 0 Å². The van der Waals surface area contributed by atoms with E-state index in [9.17, 15) is 0 Å². The predicted octanol–water partition coefficient (Wildman–Crippen LogP) is 3.75. The molecule has 0 bridgehead atoms. The van der Waals surface area contributed by atoms with E-state index in [0.29, 0.717) is 17.9 Å². The summed E-state index contributed by atoms with van der Waals surface area (Å²) >= 11 is 1.95. The number of anilines is 2. The maximum atomic E-state index is 6.19. The van der Waals surface area contributed by atoms with Gasteiger partial charge < -0.3 is 15.8 Å². The fraction of sp³-hybridized carbons (Fsp3) is 0.600. The van der Waals surface area contributed by atoms with Crippen molar-refractivity contribution in [3.8, 4) is 5.75 Å². The summed E-state index contributed by atoms with van der Waals surface area (Å²) in [6.45, 7) is 2.81. The smallest absolute Gasteiger partial charge is 0.144 e. The lowest BCUT2D eigenvalue weighted by atomic mass is 10.2. The number of nitrogens with two attached hydrogens (primary N) is 1. The summed E-state index contributed by atoms with van der Waals surface area (Å²) in [5.41, 5.74) is 7.95. The van der Waals surface area contributed by atoms with Gasteiger partial charge in [0.05, 0.1) is 18.0 Å². The Hall–Kier alpha value is -1.03. The maximum absolute atomic E-state index is 6.19. The Morgan fingerprint density at radius 3 is 3.00 bits per heavy atom. The number of hydrogen-bond acceptors (Lipinski definition) is 4. The van der Waals surface area contributed by atoms with Gasteiger partial charge in [0.2, 0.25) is 0 Å². The normalized spacial score (nSPS) is 22.4. The Balaban J connectivity index is 2.07. The zero-order valence-electron chi connectivity index (χ0n) is 11.8. The topological polar surface area (TPSA) is 47.3 Å². The molecule has 0 radical (unpaired) electrons. The van der Waals surface area contributed by atoms with Crippen molar-refractivity contribution < 1.29 is 4.74 Å². The van der Waals surface area contributed by atoms with Crippen LogP contribution in [-0.2, 0) is 0 Å². The molecule has 1 aliphatic rings. The first-order valence-corrected chi connectivity index (χ1v) is 8.35. The minimum absolute atomic E-state index is 0.527. The molecule has 1 aromatic carbocycles. The molecule has 0 amide bonds. The molecule has 3 N–H and O–H groups in total. The summed E-state index contributed by atoms with van der Waals surface area (Å²) in [4.78, 5) is 0. The highest BCUT2D eigenvalue weighted by Crippen LogP contribution is 2.35. The van der Waals surface area contributed by atoms with Gasteiger partial charge in [0, 0.05) is 11.3 Å². The van der Waals surface area contributed by atoms with E-state index in [2.05, 4.69) is 18.5 Å². The largest absolute Gasteiger partial charge is 0.491 e. The first kappa shape index (κ1) is 14.4. The molecule has 0 aromatic heterocycles. The lowest BCUT2D eigenvalue weighted by molar-refractivity contribution is 0.319. The third-order valence-electron chi connectivity index (χ3n) is 3.62. The number of nitrogens with one attached hydrogen (secondary N) is 1. The molecule has 19 heavy (non-hydrogen) atoms. The van der Waals surface area contributed by atoms with Gasteiger partial charge in [-0.1, -0.05) is 19.4 Å². The van der Waals surface area contributed by atoms with Crippen LogP contribution < -0.4 is 15.8 Å². The molecule has 0 heterocycles. The minimum atomic E-state index is 0.527.